The number of rotatable bonds is 3. The number of hydrogen-bond donors (Lipinski definition) is 0. The van der Waals surface area contributed by atoms with Crippen molar-refractivity contribution in [3.8, 4) is 11.1 Å². The normalized spacial score (nSPS) is 11.5. The van der Waals surface area contributed by atoms with Gasteiger partial charge in [-0.15, -0.1) is 0 Å². The number of carbonyl (C=O) groups is 2. The van der Waals surface area contributed by atoms with E-state index in [-0.39, 0.29) is 5.78 Å². The minimum absolute atomic E-state index is 0.0595. The Morgan fingerprint density at radius 1 is 0.960 bits per heavy atom. The van der Waals surface area contributed by atoms with Gasteiger partial charge in [0.15, 0.2) is 5.76 Å². The Morgan fingerprint density at radius 2 is 1.60 bits per heavy atom. The van der Waals surface area contributed by atoms with Gasteiger partial charge in [-0.25, -0.2) is 4.79 Å². The van der Waals surface area contributed by atoms with Crippen LogP contribution in [-0.2, 0) is 4.74 Å². The minimum atomic E-state index is -0.561. The Bertz CT molecular complexity index is 940. The summed E-state index contributed by atoms with van der Waals surface area (Å²) in [7, 11) is 1.35. The molecule has 0 amide bonds. The Balaban J connectivity index is 2.20. The second kappa shape index (κ2) is 6.20. The molecule has 0 fully saturated rings. The highest BCUT2D eigenvalue weighted by Crippen LogP contribution is 2.38. The third-order valence-electron chi connectivity index (χ3n) is 4.08. The lowest BCUT2D eigenvalue weighted by molar-refractivity contribution is 0.0600. The van der Waals surface area contributed by atoms with Gasteiger partial charge in [0.05, 0.1) is 12.7 Å². The topological polar surface area (TPSA) is 56.5 Å². The van der Waals surface area contributed by atoms with Gasteiger partial charge in [0.25, 0.3) is 0 Å². The minimum Gasteiger partial charge on any atom is -0.465 e. The van der Waals surface area contributed by atoms with Crippen molar-refractivity contribution in [1.82, 2.24) is 0 Å². The van der Waals surface area contributed by atoms with Gasteiger partial charge in [-0.1, -0.05) is 51.1 Å². The van der Waals surface area contributed by atoms with Crippen molar-refractivity contribution < 1.29 is 18.7 Å². The molecule has 0 radical (unpaired) electrons. The summed E-state index contributed by atoms with van der Waals surface area (Å²) in [4.78, 5) is 24.5. The van der Waals surface area contributed by atoms with Crippen LogP contribution >= 0.6 is 0 Å². The molecule has 4 nitrogen and oxygen atoms in total. The number of ether oxygens (including phenoxy) is 1. The molecule has 0 unspecified atom stereocenters. The highest BCUT2D eigenvalue weighted by atomic mass is 16.5. The highest BCUT2D eigenvalue weighted by molar-refractivity contribution is 6.10. The molecular formula is C21H20O4. The zero-order valence-electron chi connectivity index (χ0n) is 14.8. The predicted octanol–water partition coefficient (Wildman–Crippen LogP) is 5.12. The van der Waals surface area contributed by atoms with Crippen LogP contribution in [0.2, 0.25) is 0 Å². The standard InChI is InChI=1S/C21H20O4/c1-21(2,3)19(22)18-17(15-7-5-6-8-16(15)25-18)13-9-11-14(12-10-13)20(23)24-4/h5-12H,1-4H3. The molecular weight excluding hydrogens is 316 g/mol. The van der Waals surface area contributed by atoms with Crippen molar-refractivity contribution in [2.75, 3.05) is 7.11 Å². The number of fused-ring (bicyclic) bond motifs is 1. The summed E-state index contributed by atoms with van der Waals surface area (Å²) in [5.41, 5.74) is 2.15. The molecule has 1 heterocycles. The van der Waals surface area contributed by atoms with Crippen molar-refractivity contribution in [2.24, 2.45) is 5.41 Å². The second-order valence-electron chi connectivity index (χ2n) is 6.95. The van der Waals surface area contributed by atoms with Gasteiger partial charge in [-0.05, 0) is 23.8 Å². The molecule has 3 rings (SSSR count). The van der Waals surface area contributed by atoms with Gasteiger partial charge in [0.2, 0.25) is 5.78 Å². The van der Waals surface area contributed by atoms with Crippen LogP contribution in [0, 0.1) is 5.41 Å². The zero-order chi connectivity index (χ0) is 18.2. The van der Waals surface area contributed by atoms with Crippen molar-refractivity contribution >= 4 is 22.7 Å². The van der Waals surface area contributed by atoms with Crippen LogP contribution in [0.25, 0.3) is 22.1 Å². The van der Waals surface area contributed by atoms with Crippen LogP contribution in [0.15, 0.2) is 52.9 Å². The van der Waals surface area contributed by atoms with Crippen LogP contribution in [0.4, 0.5) is 0 Å². The summed E-state index contributed by atoms with van der Waals surface area (Å²) in [6.45, 7) is 5.60. The van der Waals surface area contributed by atoms with E-state index in [4.69, 9.17) is 9.15 Å². The molecule has 0 saturated carbocycles. The molecule has 4 heteroatoms. The van der Waals surface area contributed by atoms with Crippen molar-refractivity contribution in [1.29, 1.82) is 0 Å². The lowest BCUT2D eigenvalue weighted by Crippen LogP contribution is -2.20. The summed E-state index contributed by atoms with van der Waals surface area (Å²) in [5, 5.41) is 0.876. The van der Waals surface area contributed by atoms with Gasteiger partial charge >= 0.3 is 5.97 Å². The molecule has 0 bridgehead atoms. The molecule has 128 valence electrons. The van der Waals surface area contributed by atoms with Crippen molar-refractivity contribution in [3.63, 3.8) is 0 Å². The highest BCUT2D eigenvalue weighted by Gasteiger charge is 2.30. The summed E-state index contributed by atoms with van der Waals surface area (Å²) >= 11 is 0. The second-order valence-corrected chi connectivity index (χ2v) is 6.95. The van der Waals surface area contributed by atoms with E-state index in [0.29, 0.717) is 16.9 Å². The van der Waals surface area contributed by atoms with Gasteiger partial charge in [-0.3, -0.25) is 4.79 Å². The fourth-order valence-electron chi connectivity index (χ4n) is 2.72. The van der Waals surface area contributed by atoms with Crippen LogP contribution in [0.5, 0.6) is 0 Å². The van der Waals surface area contributed by atoms with Crippen molar-refractivity contribution in [3.05, 3.63) is 59.9 Å². The van der Waals surface area contributed by atoms with Crippen LogP contribution in [0.3, 0.4) is 0 Å². The van der Waals surface area contributed by atoms with Gasteiger partial charge in [0, 0.05) is 16.4 Å². The number of methoxy groups -OCH3 is 1. The van der Waals surface area contributed by atoms with E-state index < -0.39 is 11.4 Å². The third kappa shape index (κ3) is 3.07. The van der Waals surface area contributed by atoms with E-state index in [2.05, 4.69) is 0 Å². The monoisotopic (exact) mass is 336 g/mol. The molecule has 2 aromatic carbocycles. The van der Waals surface area contributed by atoms with E-state index in [1.54, 1.807) is 12.1 Å². The van der Waals surface area contributed by atoms with Crippen LogP contribution < -0.4 is 0 Å². The Hall–Kier alpha value is -2.88. The maximum absolute atomic E-state index is 12.9. The molecule has 25 heavy (non-hydrogen) atoms. The number of hydrogen-bond acceptors (Lipinski definition) is 4. The number of carbonyl (C=O) groups excluding carboxylic acids is 2. The fraction of sp³-hybridized carbons (Fsp3) is 0.238. The number of para-hydroxylation sites is 1. The maximum Gasteiger partial charge on any atom is 0.337 e. The molecule has 3 aromatic rings. The molecule has 0 aliphatic rings. The number of furan rings is 1. The largest absolute Gasteiger partial charge is 0.465 e. The molecule has 0 saturated heterocycles. The average molecular weight is 336 g/mol. The summed E-state index contributed by atoms with van der Waals surface area (Å²) in [6.07, 6.45) is 0. The van der Waals surface area contributed by atoms with Gasteiger partial charge in [-0.2, -0.15) is 0 Å². The number of benzene rings is 2. The number of ketones is 1. The average Bonchev–Trinajstić information content (AvgIpc) is 2.99. The first-order chi connectivity index (χ1) is 11.8. The first-order valence-corrected chi connectivity index (χ1v) is 8.08. The molecule has 0 aliphatic heterocycles. The van der Waals surface area contributed by atoms with E-state index >= 15 is 0 Å². The van der Waals surface area contributed by atoms with Gasteiger partial charge < -0.3 is 9.15 Å². The van der Waals surface area contributed by atoms with E-state index in [1.807, 2.05) is 57.2 Å². The van der Waals surface area contributed by atoms with Gasteiger partial charge in [0.1, 0.15) is 5.58 Å². The fourth-order valence-corrected chi connectivity index (χ4v) is 2.72. The first-order valence-electron chi connectivity index (χ1n) is 8.08. The molecule has 0 N–H and O–H groups in total. The van der Waals surface area contributed by atoms with E-state index in [1.165, 1.54) is 7.11 Å². The Morgan fingerprint density at radius 3 is 2.20 bits per heavy atom. The SMILES string of the molecule is COC(=O)c1ccc(-c2c(C(=O)C(C)(C)C)oc3ccccc23)cc1. The number of Topliss-reactive ketones (excluding diaryl/α,β-unsaturated/α-hetero) is 1. The summed E-state index contributed by atoms with van der Waals surface area (Å²) in [5.74, 6) is -0.107. The number of esters is 1. The zero-order valence-corrected chi connectivity index (χ0v) is 14.8. The first kappa shape index (κ1) is 17.0. The van der Waals surface area contributed by atoms with Crippen LogP contribution in [0.1, 0.15) is 41.7 Å². The molecule has 0 spiro atoms. The quantitative estimate of drug-likeness (QED) is 0.492. The Labute approximate surface area is 146 Å². The summed E-state index contributed by atoms with van der Waals surface area (Å²) < 4.78 is 10.6. The lowest BCUT2D eigenvalue weighted by atomic mass is 9.86. The predicted molar refractivity (Wildman–Crippen MR) is 96.8 cm³/mol. The van der Waals surface area contributed by atoms with E-state index in [0.717, 1.165) is 16.5 Å². The smallest absolute Gasteiger partial charge is 0.337 e. The summed E-state index contributed by atoms with van der Waals surface area (Å²) in [6, 6.07) is 14.6. The molecule has 0 atom stereocenters. The van der Waals surface area contributed by atoms with Crippen molar-refractivity contribution in [2.45, 2.75) is 20.8 Å². The lowest BCUT2D eigenvalue weighted by Gasteiger charge is -2.15. The molecule has 1 aromatic heterocycles. The van der Waals surface area contributed by atoms with Crippen LogP contribution in [-0.4, -0.2) is 18.9 Å². The third-order valence-corrected chi connectivity index (χ3v) is 4.08. The Kier molecular flexibility index (Phi) is 4.21. The maximum atomic E-state index is 12.9. The van der Waals surface area contributed by atoms with E-state index in [9.17, 15) is 9.59 Å². The molecule has 0 aliphatic carbocycles.